The highest BCUT2D eigenvalue weighted by atomic mass is 16.5. The Hall–Kier alpha value is -2.21. The molecule has 1 aromatic carbocycles. The van der Waals surface area contributed by atoms with Gasteiger partial charge in [-0.2, -0.15) is 0 Å². The third-order valence-electron chi connectivity index (χ3n) is 5.00. The summed E-state index contributed by atoms with van der Waals surface area (Å²) in [6.07, 6.45) is 4.87. The lowest BCUT2D eigenvalue weighted by atomic mass is 9.93. The Morgan fingerprint density at radius 3 is 2.87 bits per heavy atom. The van der Waals surface area contributed by atoms with E-state index in [1.54, 1.807) is 4.68 Å². The molecule has 1 unspecified atom stereocenters. The van der Waals surface area contributed by atoms with Crippen molar-refractivity contribution in [3.63, 3.8) is 0 Å². The predicted molar refractivity (Wildman–Crippen MR) is 83.8 cm³/mol. The summed E-state index contributed by atoms with van der Waals surface area (Å²) in [5.74, 6) is 0.289. The number of benzene rings is 1. The van der Waals surface area contributed by atoms with Crippen molar-refractivity contribution in [3.8, 4) is 5.69 Å². The van der Waals surface area contributed by atoms with Crippen LogP contribution in [0.15, 0.2) is 36.5 Å². The number of aromatic nitrogens is 3. The zero-order valence-corrected chi connectivity index (χ0v) is 12.9. The number of amides is 1. The Bertz CT molecular complexity index is 692. The maximum absolute atomic E-state index is 12.3. The van der Waals surface area contributed by atoms with Gasteiger partial charge in [0.1, 0.15) is 5.69 Å². The van der Waals surface area contributed by atoms with E-state index in [1.807, 2.05) is 36.5 Å². The fraction of sp³-hybridized carbons (Fsp3) is 0.471. The molecule has 2 aliphatic rings. The van der Waals surface area contributed by atoms with E-state index in [2.05, 4.69) is 15.6 Å². The fourth-order valence-corrected chi connectivity index (χ4v) is 3.44. The zero-order chi connectivity index (χ0) is 15.7. The summed E-state index contributed by atoms with van der Waals surface area (Å²) >= 11 is 0. The summed E-state index contributed by atoms with van der Waals surface area (Å²) in [5.41, 5.74) is 1.94. The maximum Gasteiger partial charge on any atom is 0.224 e. The number of ether oxygens (including phenoxy) is 1. The number of rotatable bonds is 4. The molecule has 0 radical (unpaired) electrons. The van der Waals surface area contributed by atoms with Crippen molar-refractivity contribution in [2.75, 3.05) is 13.2 Å². The van der Waals surface area contributed by atoms with Gasteiger partial charge in [-0.05, 0) is 36.8 Å². The largest absolute Gasteiger partial charge is 0.381 e. The van der Waals surface area contributed by atoms with Gasteiger partial charge in [-0.1, -0.05) is 23.4 Å². The number of carbonyl (C=O) groups is 1. The van der Waals surface area contributed by atoms with Gasteiger partial charge in [-0.25, -0.2) is 4.68 Å². The summed E-state index contributed by atoms with van der Waals surface area (Å²) < 4.78 is 7.12. The molecule has 2 aromatic rings. The molecule has 1 saturated heterocycles. The van der Waals surface area contributed by atoms with Crippen LogP contribution in [0.2, 0.25) is 0 Å². The average Bonchev–Trinajstić information content (AvgIpc) is 3.08. The van der Waals surface area contributed by atoms with E-state index in [4.69, 9.17) is 4.74 Å². The lowest BCUT2D eigenvalue weighted by Crippen LogP contribution is -2.29. The van der Waals surface area contributed by atoms with E-state index in [0.717, 1.165) is 43.9 Å². The summed E-state index contributed by atoms with van der Waals surface area (Å²) in [6.45, 7) is 2.00. The summed E-state index contributed by atoms with van der Waals surface area (Å²) in [4.78, 5) is 12.3. The van der Waals surface area contributed by atoms with E-state index < -0.39 is 0 Å². The Kier molecular flexibility index (Phi) is 3.61. The fourth-order valence-electron chi connectivity index (χ4n) is 3.44. The third kappa shape index (κ3) is 2.86. The molecule has 1 aliphatic heterocycles. The normalized spacial score (nSPS) is 22.0. The molecule has 2 heterocycles. The Balaban J connectivity index is 1.33. The van der Waals surface area contributed by atoms with Crippen molar-refractivity contribution in [1.82, 2.24) is 20.3 Å². The van der Waals surface area contributed by atoms with E-state index in [-0.39, 0.29) is 17.2 Å². The van der Waals surface area contributed by atoms with Crippen molar-refractivity contribution < 1.29 is 9.53 Å². The van der Waals surface area contributed by atoms with Crippen LogP contribution in [-0.2, 0) is 16.1 Å². The number of hydrogen-bond acceptors (Lipinski definition) is 4. The molecule has 1 aliphatic carbocycles. The third-order valence-corrected chi connectivity index (χ3v) is 5.00. The second-order valence-electron chi connectivity index (χ2n) is 6.44. The van der Waals surface area contributed by atoms with Gasteiger partial charge in [0, 0.05) is 19.1 Å². The van der Waals surface area contributed by atoms with Gasteiger partial charge in [-0.15, -0.1) is 5.10 Å². The summed E-state index contributed by atoms with van der Waals surface area (Å²) in [5, 5.41) is 11.2. The molecule has 120 valence electrons. The van der Waals surface area contributed by atoms with Crippen molar-refractivity contribution in [1.29, 1.82) is 0 Å². The van der Waals surface area contributed by atoms with Crippen LogP contribution < -0.4 is 5.32 Å². The van der Waals surface area contributed by atoms with Gasteiger partial charge in [-0.3, -0.25) is 4.79 Å². The highest BCUT2D eigenvalue weighted by molar-refractivity contribution is 5.82. The van der Waals surface area contributed by atoms with Crippen molar-refractivity contribution in [2.24, 2.45) is 11.3 Å². The molecule has 1 saturated carbocycles. The minimum Gasteiger partial charge on any atom is -0.381 e. The zero-order valence-electron chi connectivity index (χ0n) is 12.9. The van der Waals surface area contributed by atoms with Gasteiger partial charge in [0.25, 0.3) is 0 Å². The number of para-hydroxylation sites is 1. The van der Waals surface area contributed by atoms with Gasteiger partial charge < -0.3 is 10.1 Å². The van der Waals surface area contributed by atoms with Gasteiger partial charge in [0.05, 0.1) is 18.4 Å². The van der Waals surface area contributed by atoms with E-state index in [0.29, 0.717) is 6.54 Å². The van der Waals surface area contributed by atoms with Gasteiger partial charge in [0.15, 0.2) is 0 Å². The van der Waals surface area contributed by atoms with Crippen molar-refractivity contribution >= 4 is 5.91 Å². The van der Waals surface area contributed by atoms with E-state index >= 15 is 0 Å². The van der Waals surface area contributed by atoms with Crippen molar-refractivity contribution in [2.45, 2.75) is 25.8 Å². The van der Waals surface area contributed by atoms with Crippen LogP contribution in [0.4, 0.5) is 0 Å². The molecular weight excluding hydrogens is 292 g/mol. The van der Waals surface area contributed by atoms with E-state index in [9.17, 15) is 4.79 Å². The molecule has 23 heavy (non-hydrogen) atoms. The Morgan fingerprint density at radius 1 is 1.30 bits per heavy atom. The summed E-state index contributed by atoms with van der Waals surface area (Å²) in [6, 6.07) is 9.81. The molecule has 6 nitrogen and oxygen atoms in total. The monoisotopic (exact) mass is 312 g/mol. The molecule has 1 N–H and O–H groups in total. The number of nitrogens with zero attached hydrogens (tertiary/aromatic N) is 3. The molecule has 1 atom stereocenters. The second-order valence-corrected chi connectivity index (χ2v) is 6.44. The highest BCUT2D eigenvalue weighted by Crippen LogP contribution is 2.59. The number of nitrogens with one attached hydrogen (secondary N) is 1. The van der Waals surface area contributed by atoms with Gasteiger partial charge in [0.2, 0.25) is 5.91 Å². The minimum atomic E-state index is 0.140. The molecule has 4 rings (SSSR count). The predicted octanol–water partition coefficient (Wildman–Crippen LogP) is 1.70. The van der Waals surface area contributed by atoms with Crippen LogP contribution in [0.5, 0.6) is 0 Å². The van der Waals surface area contributed by atoms with Crippen molar-refractivity contribution in [3.05, 3.63) is 42.2 Å². The Morgan fingerprint density at radius 2 is 2.09 bits per heavy atom. The van der Waals surface area contributed by atoms with Gasteiger partial charge >= 0.3 is 0 Å². The van der Waals surface area contributed by atoms with E-state index in [1.165, 1.54) is 0 Å². The lowest BCUT2D eigenvalue weighted by molar-refractivity contribution is -0.123. The molecule has 1 amide bonds. The number of carbonyl (C=O) groups excluding carboxylic acids is 1. The SMILES string of the molecule is O=C(NCc1cn(-c2ccccc2)nn1)C1CC12CCOCC2. The first-order chi connectivity index (χ1) is 11.3. The smallest absolute Gasteiger partial charge is 0.224 e. The van der Waals surface area contributed by atoms with Crippen LogP contribution >= 0.6 is 0 Å². The van der Waals surface area contributed by atoms with Crippen LogP contribution in [0.3, 0.4) is 0 Å². The molecular formula is C17H20N4O2. The molecule has 6 heteroatoms. The first-order valence-electron chi connectivity index (χ1n) is 8.09. The second kappa shape index (κ2) is 5.77. The minimum absolute atomic E-state index is 0.140. The highest BCUT2D eigenvalue weighted by Gasteiger charge is 2.57. The van der Waals surface area contributed by atoms with Crippen LogP contribution in [0.25, 0.3) is 5.69 Å². The first-order valence-corrected chi connectivity index (χ1v) is 8.09. The topological polar surface area (TPSA) is 69.0 Å². The molecule has 0 bridgehead atoms. The molecule has 1 spiro atoms. The summed E-state index contributed by atoms with van der Waals surface area (Å²) in [7, 11) is 0. The Labute approximate surface area is 134 Å². The quantitative estimate of drug-likeness (QED) is 0.933. The van der Waals surface area contributed by atoms with Crippen LogP contribution in [0.1, 0.15) is 25.0 Å². The average molecular weight is 312 g/mol. The standard InChI is InChI=1S/C17H20N4O2/c22-16(15-10-17(15)6-8-23-9-7-17)18-11-13-12-21(20-19-13)14-4-2-1-3-5-14/h1-5,12,15H,6-11H2,(H,18,22). The number of hydrogen-bond donors (Lipinski definition) is 1. The maximum atomic E-state index is 12.3. The van der Waals surface area contributed by atoms with Crippen LogP contribution in [0, 0.1) is 11.3 Å². The molecule has 1 aromatic heterocycles. The van der Waals surface area contributed by atoms with Crippen LogP contribution in [-0.4, -0.2) is 34.1 Å². The first kappa shape index (κ1) is 14.4. The lowest BCUT2D eigenvalue weighted by Gasteiger charge is -2.22. The molecule has 2 fully saturated rings.